The van der Waals surface area contributed by atoms with Gasteiger partial charge in [0.2, 0.25) is 0 Å². The van der Waals surface area contributed by atoms with E-state index in [1.54, 1.807) is 18.4 Å². The Morgan fingerprint density at radius 3 is 2.79 bits per heavy atom. The summed E-state index contributed by atoms with van der Waals surface area (Å²) in [6.07, 6.45) is 4.51. The van der Waals surface area contributed by atoms with E-state index in [0.717, 1.165) is 24.8 Å². The van der Waals surface area contributed by atoms with Crippen LogP contribution in [-0.4, -0.2) is 6.10 Å². The van der Waals surface area contributed by atoms with Crippen molar-refractivity contribution in [1.29, 1.82) is 0 Å². The molecular weight excluding hydrogens is 240 g/mol. The number of unbranched alkanes of at least 4 members (excludes halogenated alkanes) is 1. The Labute approximate surface area is 113 Å². The molecule has 2 aromatic rings. The molecule has 0 N–H and O–H groups in total. The number of ether oxygens (including phenoxy) is 1. The Balaban J connectivity index is 2.44. The summed E-state index contributed by atoms with van der Waals surface area (Å²) in [5.74, 6) is 0.711. The third kappa shape index (κ3) is 3.16. The summed E-state index contributed by atoms with van der Waals surface area (Å²) in [6.45, 7) is 6.03. The van der Waals surface area contributed by atoms with Gasteiger partial charge < -0.3 is 9.15 Å². The molecule has 0 aliphatic carbocycles. The van der Waals surface area contributed by atoms with Gasteiger partial charge in [-0.15, -0.1) is 0 Å². The van der Waals surface area contributed by atoms with Crippen molar-refractivity contribution in [3.8, 4) is 5.75 Å². The van der Waals surface area contributed by atoms with Crippen LogP contribution in [0.15, 0.2) is 33.7 Å². The number of fused-ring (bicyclic) bond motifs is 1. The number of benzene rings is 1. The predicted octanol–water partition coefficient (Wildman–Crippen LogP) is 3.92. The molecule has 3 heteroatoms. The molecule has 102 valence electrons. The number of rotatable bonds is 5. The van der Waals surface area contributed by atoms with Gasteiger partial charge in [-0.25, -0.2) is 0 Å². The molecule has 1 heterocycles. The number of aryl methyl sites for hydroxylation is 1. The summed E-state index contributed by atoms with van der Waals surface area (Å²) in [4.78, 5) is 12.4. The Bertz CT molecular complexity index is 611. The Morgan fingerprint density at radius 2 is 2.11 bits per heavy atom. The van der Waals surface area contributed by atoms with Crippen molar-refractivity contribution < 1.29 is 9.15 Å². The monoisotopic (exact) mass is 260 g/mol. The fourth-order valence-corrected chi connectivity index (χ4v) is 2.04. The zero-order valence-corrected chi connectivity index (χ0v) is 11.7. The molecule has 0 saturated carbocycles. The zero-order chi connectivity index (χ0) is 13.8. The van der Waals surface area contributed by atoms with Crippen LogP contribution in [-0.2, 0) is 6.42 Å². The van der Waals surface area contributed by atoms with Gasteiger partial charge in [-0.05, 0) is 44.9 Å². The standard InChI is InChI=1S/C16H20O3/c1-4-5-6-12-10-18-15-8-7-13(19-11(2)3)9-14(15)16(12)17/h7-11H,4-6H2,1-3H3. The highest BCUT2D eigenvalue weighted by Gasteiger charge is 2.08. The summed E-state index contributed by atoms with van der Waals surface area (Å²) >= 11 is 0. The first-order valence-electron chi connectivity index (χ1n) is 6.83. The first-order chi connectivity index (χ1) is 9.11. The van der Waals surface area contributed by atoms with Gasteiger partial charge in [0.1, 0.15) is 11.3 Å². The van der Waals surface area contributed by atoms with Gasteiger partial charge >= 0.3 is 0 Å². The lowest BCUT2D eigenvalue weighted by atomic mass is 10.1. The van der Waals surface area contributed by atoms with Crippen LogP contribution in [0.4, 0.5) is 0 Å². The van der Waals surface area contributed by atoms with Crippen LogP contribution in [0.1, 0.15) is 39.2 Å². The Hall–Kier alpha value is -1.77. The van der Waals surface area contributed by atoms with Gasteiger partial charge in [-0.1, -0.05) is 13.3 Å². The summed E-state index contributed by atoms with van der Waals surface area (Å²) in [5, 5.41) is 0.603. The maximum absolute atomic E-state index is 12.4. The van der Waals surface area contributed by atoms with E-state index in [0.29, 0.717) is 16.7 Å². The van der Waals surface area contributed by atoms with Crippen LogP contribution in [0.3, 0.4) is 0 Å². The molecule has 0 saturated heterocycles. The molecule has 2 rings (SSSR count). The highest BCUT2D eigenvalue weighted by molar-refractivity contribution is 5.78. The molecule has 0 aliphatic rings. The smallest absolute Gasteiger partial charge is 0.195 e. The maximum Gasteiger partial charge on any atom is 0.195 e. The summed E-state index contributed by atoms with van der Waals surface area (Å²) in [7, 11) is 0. The molecule has 1 aromatic carbocycles. The first-order valence-corrected chi connectivity index (χ1v) is 6.83. The molecule has 0 radical (unpaired) electrons. The van der Waals surface area contributed by atoms with Crippen LogP contribution < -0.4 is 10.2 Å². The lowest BCUT2D eigenvalue weighted by Crippen LogP contribution is -2.10. The Morgan fingerprint density at radius 1 is 1.32 bits per heavy atom. The van der Waals surface area contributed by atoms with Gasteiger partial charge in [-0.3, -0.25) is 4.79 Å². The largest absolute Gasteiger partial charge is 0.491 e. The van der Waals surface area contributed by atoms with Crippen LogP contribution in [0.5, 0.6) is 5.75 Å². The minimum absolute atomic E-state index is 0.0592. The van der Waals surface area contributed by atoms with Crippen molar-refractivity contribution in [2.45, 2.75) is 46.1 Å². The summed E-state index contributed by atoms with van der Waals surface area (Å²) < 4.78 is 11.1. The minimum Gasteiger partial charge on any atom is -0.491 e. The molecule has 0 bridgehead atoms. The second-order valence-electron chi connectivity index (χ2n) is 5.02. The lowest BCUT2D eigenvalue weighted by Gasteiger charge is -2.10. The number of hydrogen-bond acceptors (Lipinski definition) is 3. The van der Waals surface area contributed by atoms with E-state index in [4.69, 9.17) is 9.15 Å². The van der Waals surface area contributed by atoms with Gasteiger partial charge in [0.05, 0.1) is 17.8 Å². The first kappa shape index (κ1) is 13.7. The summed E-state index contributed by atoms with van der Waals surface area (Å²) in [5.41, 5.74) is 1.42. The molecule has 0 aliphatic heterocycles. The van der Waals surface area contributed by atoms with Crippen LogP contribution in [0, 0.1) is 0 Å². The Kier molecular flexibility index (Phi) is 4.25. The van der Waals surface area contributed by atoms with Gasteiger partial charge in [0.15, 0.2) is 5.43 Å². The predicted molar refractivity (Wildman–Crippen MR) is 76.9 cm³/mol. The molecule has 1 aromatic heterocycles. The SMILES string of the molecule is CCCCc1coc2ccc(OC(C)C)cc2c1=O. The van der Waals surface area contributed by atoms with Crippen molar-refractivity contribution in [3.63, 3.8) is 0 Å². The molecule has 0 spiro atoms. The van der Waals surface area contributed by atoms with Gasteiger partial charge in [0, 0.05) is 5.56 Å². The average molecular weight is 260 g/mol. The maximum atomic E-state index is 12.4. The van der Waals surface area contributed by atoms with Gasteiger partial charge in [-0.2, -0.15) is 0 Å². The normalized spacial score (nSPS) is 11.2. The quantitative estimate of drug-likeness (QED) is 0.817. The topological polar surface area (TPSA) is 39.4 Å². The lowest BCUT2D eigenvalue weighted by molar-refractivity contribution is 0.242. The molecule has 0 fully saturated rings. The molecule has 3 nitrogen and oxygen atoms in total. The zero-order valence-electron chi connectivity index (χ0n) is 11.7. The molecule has 19 heavy (non-hydrogen) atoms. The number of hydrogen-bond donors (Lipinski definition) is 0. The van der Waals surface area contributed by atoms with E-state index in [2.05, 4.69) is 6.92 Å². The van der Waals surface area contributed by atoms with Crippen LogP contribution >= 0.6 is 0 Å². The third-order valence-corrected chi connectivity index (χ3v) is 2.99. The van der Waals surface area contributed by atoms with Crippen molar-refractivity contribution in [2.75, 3.05) is 0 Å². The van der Waals surface area contributed by atoms with Crippen molar-refractivity contribution in [2.24, 2.45) is 0 Å². The van der Waals surface area contributed by atoms with Crippen LogP contribution in [0.2, 0.25) is 0 Å². The van der Waals surface area contributed by atoms with Crippen molar-refractivity contribution in [3.05, 3.63) is 40.2 Å². The van der Waals surface area contributed by atoms with Crippen molar-refractivity contribution in [1.82, 2.24) is 0 Å². The summed E-state index contributed by atoms with van der Waals surface area (Å²) in [6, 6.07) is 5.39. The van der Waals surface area contributed by atoms with E-state index >= 15 is 0 Å². The second-order valence-corrected chi connectivity index (χ2v) is 5.02. The molecule has 0 unspecified atom stereocenters. The highest BCUT2D eigenvalue weighted by Crippen LogP contribution is 2.20. The molecule has 0 atom stereocenters. The van der Waals surface area contributed by atoms with E-state index in [-0.39, 0.29) is 11.5 Å². The molecular formula is C16H20O3. The van der Waals surface area contributed by atoms with Gasteiger partial charge in [0.25, 0.3) is 0 Å². The van der Waals surface area contributed by atoms with E-state index in [1.165, 1.54) is 0 Å². The van der Waals surface area contributed by atoms with E-state index in [9.17, 15) is 4.79 Å². The minimum atomic E-state index is 0.0592. The fourth-order valence-electron chi connectivity index (χ4n) is 2.04. The van der Waals surface area contributed by atoms with E-state index < -0.39 is 0 Å². The highest BCUT2D eigenvalue weighted by atomic mass is 16.5. The van der Waals surface area contributed by atoms with Crippen LogP contribution in [0.25, 0.3) is 11.0 Å². The third-order valence-electron chi connectivity index (χ3n) is 2.99. The second kappa shape index (κ2) is 5.91. The average Bonchev–Trinajstić information content (AvgIpc) is 2.38. The van der Waals surface area contributed by atoms with E-state index in [1.807, 2.05) is 19.9 Å². The fraction of sp³-hybridized carbons (Fsp3) is 0.438. The van der Waals surface area contributed by atoms with Crippen molar-refractivity contribution >= 4 is 11.0 Å². The molecule has 0 amide bonds.